The van der Waals surface area contributed by atoms with Gasteiger partial charge in [0.2, 0.25) is 5.60 Å². The highest BCUT2D eigenvalue weighted by Gasteiger charge is 2.54. The average Bonchev–Trinajstić information content (AvgIpc) is 2.78. The average molecular weight is 576 g/mol. The minimum atomic E-state index is -5.77. The molecule has 17 heteroatoms. The van der Waals surface area contributed by atoms with Crippen molar-refractivity contribution >= 4 is 33.4 Å². The van der Waals surface area contributed by atoms with E-state index in [-0.39, 0.29) is 12.4 Å². The molecule has 1 aliphatic rings. The molecule has 1 aliphatic heterocycles. The van der Waals surface area contributed by atoms with E-state index in [2.05, 4.69) is 4.74 Å². The van der Waals surface area contributed by atoms with Gasteiger partial charge >= 0.3 is 24.4 Å². The fourth-order valence-corrected chi connectivity index (χ4v) is 4.55. The Kier molecular flexibility index (Phi) is 7.31. The highest BCUT2D eigenvalue weighted by atomic mass is 32.2. The molecule has 0 saturated carbocycles. The van der Waals surface area contributed by atoms with E-state index in [0.717, 1.165) is 6.07 Å². The van der Waals surface area contributed by atoms with E-state index in [0.29, 0.717) is 48.5 Å². The molecule has 0 radical (unpaired) electrons. The van der Waals surface area contributed by atoms with Crippen molar-refractivity contribution in [3.8, 4) is 5.75 Å². The number of ether oxygens (including phenoxy) is 2. The van der Waals surface area contributed by atoms with Gasteiger partial charge in [-0.2, -0.15) is 26.3 Å². The van der Waals surface area contributed by atoms with Gasteiger partial charge in [-0.05, 0) is 50.2 Å². The number of carbonyl (C=O) groups excluding carboxylic acids is 2. The van der Waals surface area contributed by atoms with Crippen molar-refractivity contribution in [1.29, 1.82) is 0 Å². The van der Waals surface area contributed by atoms with Gasteiger partial charge in [-0.15, -0.1) is 0 Å². The number of hydrogen-bond acceptors (Lipinski definition) is 6. The molecule has 0 fully saturated rings. The Hall–Kier alpha value is -3.63. The van der Waals surface area contributed by atoms with Crippen molar-refractivity contribution < 1.29 is 62.6 Å². The first-order valence-electron chi connectivity index (χ1n) is 10.2. The van der Waals surface area contributed by atoms with Crippen LogP contribution in [0.15, 0.2) is 41.3 Å². The molecule has 0 bridgehead atoms. The summed E-state index contributed by atoms with van der Waals surface area (Å²) >= 11 is 0. The zero-order valence-corrected chi connectivity index (χ0v) is 20.0. The number of fused-ring (bicyclic) bond motifs is 1. The first kappa shape index (κ1) is 28.9. The van der Waals surface area contributed by atoms with Gasteiger partial charge in [0.05, 0.1) is 22.8 Å². The Bertz CT molecular complexity index is 1370. The Morgan fingerprint density at radius 1 is 0.974 bits per heavy atom. The normalized spacial score (nSPS) is 14.4. The number of anilines is 2. The number of amides is 2. The molecule has 0 spiro atoms. The van der Waals surface area contributed by atoms with Crippen LogP contribution in [0.1, 0.15) is 13.8 Å². The van der Waals surface area contributed by atoms with E-state index < -0.39 is 79.3 Å². The minimum absolute atomic E-state index is 0.283. The maximum absolute atomic E-state index is 13.7. The maximum atomic E-state index is 13.7. The van der Waals surface area contributed by atoms with Crippen LogP contribution in [-0.2, 0) is 19.6 Å². The highest BCUT2D eigenvalue weighted by Crippen LogP contribution is 2.40. The van der Waals surface area contributed by atoms with E-state index in [1.54, 1.807) is 0 Å². The summed E-state index contributed by atoms with van der Waals surface area (Å²) < 4.78 is 143. The second-order valence-corrected chi connectivity index (χ2v) is 10.0. The Morgan fingerprint density at radius 2 is 1.61 bits per heavy atom. The first-order chi connectivity index (χ1) is 17.3. The van der Waals surface area contributed by atoms with Crippen molar-refractivity contribution in [2.75, 3.05) is 22.4 Å². The fraction of sp³-hybridized carbons (Fsp3) is 0.333. The van der Waals surface area contributed by atoms with Crippen molar-refractivity contribution in [3.63, 3.8) is 0 Å². The van der Waals surface area contributed by atoms with Crippen LogP contribution in [0.4, 0.5) is 51.3 Å². The van der Waals surface area contributed by atoms with E-state index in [4.69, 9.17) is 4.74 Å². The number of rotatable bonds is 4. The molecule has 0 N–H and O–H groups in total. The topological polar surface area (TPSA) is 93.2 Å². The Balaban J connectivity index is 2.13. The van der Waals surface area contributed by atoms with E-state index >= 15 is 0 Å². The molecule has 2 amide bonds. The zero-order valence-electron chi connectivity index (χ0n) is 19.2. The third-order valence-corrected chi connectivity index (χ3v) is 6.96. The third kappa shape index (κ3) is 5.46. The molecule has 0 aliphatic carbocycles. The van der Waals surface area contributed by atoms with E-state index in [9.17, 15) is 53.1 Å². The van der Waals surface area contributed by atoms with Crippen LogP contribution in [0, 0.1) is 11.6 Å². The molecular weight excluding hydrogens is 560 g/mol. The van der Waals surface area contributed by atoms with Gasteiger partial charge in [0.1, 0.15) is 12.4 Å². The van der Waals surface area contributed by atoms with Crippen molar-refractivity contribution in [2.24, 2.45) is 0 Å². The lowest BCUT2D eigenvalue weighted by Gasteiger charge is -2.33. The lowest BCUT2D eigenvalue weighted by atomic mass is 10.1. The zero-order chi connectivity index (χ0) is 28.8. The van der Waals surface area contributed by atoms with Gasteiger partial charge in [0, 0.05) is 0 Å². The van der Waals surface area contributed by atoms with Crippen LogP contribution in [0.3, 0.4) is 0 Å². The molecule has 208 valence electrons. The van der Waals surface area contributed by atoms with Crippen LogP contribution < -0.4 is 13.9 Å². The summed E-state index contributed by atoms with van der Waals surface area (Å²) in [6, 6.07) is 3.66. The minimum Gasteiger partial charge on any atom is -0.489 e. The lowest BCUT2D eigenvalue weighted by Crippen LogP contribution is -2.51. The summed E-state index contributed by atoms with van der Waals surface area (Å²) in [5, 5.41) is 0. The molecule has 0 unspecified atom stereocenters. The molecule has 2 aromatic carbocycles. The van der Waals surface area contributed by atoms with Gasteiger partial charge in [0.15, 0.2) is 11.6 Å². The summed E-state index contributed by atoms with van der Waals surface area (Å²) in [4.78, 5) is 23.0. The van der Waals surface area contributed by atoms with Gasteiger partial charge < -0.3 is 9.47 Å². The van der Waals surface area contributed by atoms with Gasteiger partial charge in [0.25, 0.3) is 10.0 Å². The monoisotopic (exact) mass is 576 g/mol. The maximum Gasteiger partial charge on any atom is 0.472 e. The Labute approximate surface area is 209 Å². The third-order valence-electron chi connectivity index (χ3n) is 5.15. The molecule has 0 atom stereocenters. The molecule has 0 saturated heterocycles. The molecular formula is C21H16F8N2O6S. The highest BCUT2D eigenvalue weighted by molar-refractivity contribution is 7.92. The predicted molar refractivity (Wildman–Crippen MR) is 113 cm³/mol. The van der Waals surface area contributed by atoms with Gasteiger partial charge in [-0.25, -0.2) is 26.9 Å². The molecule has 2 aromatic rings. The molecule has 0 aromatic heterocycles. The first-order valence-corrected chi connectivity index (χ1v) is 11.7. The van der Waals surface area contributed by atoms with Crippen molar-refractivity contribution in [1.82, 2.24) is 0 Å². The number of imide groups is 1. The fourth-order valence-electron chi connectivity index (χ4n) is 3.09. The van der Waals surface area contributed by atoms with Crippen LogP contribution in [0.5, 0.6) is 5.75 Å². The largest absolute Gasteiger partial charge is 0.489 e. The Morgan fingerprint density at radius 3 is 2.16 bits per heavy atom. The lowest BCUT2D eigenvalue weighted by molar-refractivity contribution is -0.243. The van der Waals surface area contributed by atoms with E-state index in [1.165, 1.54) is 0 Å². The van der Waals surface area contributed by atoms with Crippen LogP contribution in [0.25, 0.3) is 0 Å². The quantitative estimate of drug-likeness (QED) is 0.480. The van der Waals surface area contributed by atoms with Crippen LogP contribution in [0.2, 0.25) is 0 Å². The second-order valence-electron chi connectivity index (χ2n) is 8.17. The van der Waals surface area contributed by atoms with Gasteiger partial charge in [-0.3, -0.25) is 9.10 Å². The number of nitrogens with zero attached hydrogens (tertiary/aromatic N) is 2. The smallest absolute Gasteiger partial charge is 0.472 e. The molecule has 38 heavy (non-hydrogen) atoms. The predicted octanol–water partition coefficient (Wildman–Crippen LogP) is 4.93. The summed E-state index contributed by atoms with van der Waals surface area (Å²) in [5.74, 6) is -6.11. The number of alkyl halides is 6. The van der Waals surface area contributed by atoms with Crippen LogP contribution in [-0.4, -0.2) is 51.5 Å². The number of sulfonamides is 1. The molecule has 1 heterocycles. The molecule has 8 nitrogen and oxygen atoms in total. The summed E-state index contributed by atoms with van der Waals surface area (Å²) in [7, 11) is -4.72. The summed E-state index contributed by atoms with van der Waals surface area (Å²) in [6.07, 6.45) is -13.4. The van der Waals surface area contributed by atoms with Gasteiger partial charge in [-0.1, -0.05) is 0 Å². The summed E-state index contributed by atoms with van der Waals surface area (Å²) in [5.41, 5.74) is -4.90. The number of hydrogen-bond donors (Lipinski definition) is 0. The number of halogens is 8. The summed E-state index contributed by atoms with van der Waals surface area (Å²) in [6.45, 7) is -0.144. The molecule has 3 rings (SSSR count). The number of carbonyl (C=O) groups is 2. The van der Waals surface area contributed by atoms with Crippen molar-refractivity contribution in [2.45, 2.75) is 36.7 Å². The van der Waals surface area contributed by atoms with Crippen molar-refractivity contribution in [3.05, 3.63) is 48.0 Å². The van der Waals surface area contributed by atoms with E-state index in [1.807, 2.05) is 0 Å². The second kappa shape index (κ2) is 9.59. The number of benzene rings is 2. The van der Waals surface area contributed by atoms with Crippen LogP contribution >= 0.6 is 0 Å². The SMILES string of the molecule is CC(C)(OC(=O)N(C(=O)C(F)(F)F)c1ccc2c(c1)N(S(=O)(=O)c1ccc(F)c(F)c1)CCO2)C(F)(F)F. The standard InChI is InChI=1S/C21H16F8N2O6S/c1-19(2,21(27,28)29)37-18(33)31(17(32)20(24,25)26)11-3-6-16-15(9-11)30(7-8-36-16)38(34,35)12-4-5-13(22)14(23)10-12/h3-6,9-10H,7-8H2,1-2H3.